The van der Waals surface area contributed by atoms with Gasteiger partial charge in [0.05, 0.1) is 23.1 Å². The second-order valence-corrected chi connectivity index (χ2v) is 8.19. The van der Waals surface area contributed by atoms with Crippen LogP contribution < -0.4 is 10.5 Å². The van der Waals surface area contributed by atoms with Gasteiger partial charge in [-0.2, -0.15) is 0 Å². The van der Waals surface area contributed by atoms with Crippen LogP contribution >= 0.6 is 23.1 Å². The van der Waals surface area contributed by atoms with E-state index in [4.69, 9.17) is 10.5 Å². The Hall–Kier alpha value is -1.73. The number of benzene rings is 1. The Balaban J connectivity index is 1.91. The zero-order chi connectivity index (χ0) is 17.1. The van der Waals surface area contributed by atoms with Gasteiger partial charge in [0.15, 0.2) is 5.13 Å². The van der Waals surface area contributed by atoms with Crippen molar-refractivity contribution in [3.63, 3.8) is 0 Å². The summed E-state index contributed by atoms with van der Waals surface area (Å²) in [5, 5.41) is 0.549. The summed E-state index contributed by atoms with van der Waals surface area (Å²) in [7, 11) is 1.61. The molecule has 1 aliphatic rings. The van der Waals surface area contributed by atoms with Crippen LogP contribution in [-0.4, -0.2) is 36.0 Å². The highest BCUT2D eigenvalue weighted by atomic mass is 32.2. The molecule has 2 heterocycles. The Morgan fingerprint density at radius 3 is 2.71 bits per heavy atom. The van der Waals surface area contributed by atoms with E-state index in [2.05, 4.69) is 4.98 Å². The maximum Gasteiger partial charge on any atom is 0.257 e. The van der Waals surface area contributed by atoms with E-state index in [-0.39, 0.29) is 5.91 Å². The minimum Gasteiger partial charge on any atom is -0.496 e. The standard InChI is InChI=1S/C17H21N3O2S2/c1-11-8-13(22-2)12(16(21)20-6-4-3-5-7-20)9-14(11)23-15-10-19-17(18)24-15/h8-10H,3-7H2,1-2H3,(H2,18,19). The molecule has 0 radical (unpaired) electrons. The van der Waals surface area contributed by atoms with E-state index < -0.39 is 0 Å². The van der Waals surface area contributed by atoms with E-state index in [1.165, 1.54) is 17.8 Å². The van der Waals surface area contributed by atoms with Crippen molar-refractivity contribution >= 4 is 34.1 Å². The van der Waals surface area contributed by atoms with Gasteiger partial charge in [0.2, 0.25) is 0 Å². The number of carbonyl (C=O) groups is 1. The van der Waals surface area contributed by atoms with Crippen LogP contribution in [0, 0.1) is 6.92 Å². The molecule has 0 unspecified atom stereocenters. The van der Waals surface area contributed by atoms with Crippen molar-refractivity contribution in [3.05, 3.63) is 29.5 Å². The largest absolute Gasteiger partial charge is 0.496 e. The van der Waals surface area contributed by atoms with Gasteiger partial charge in [0, 0.05) is 18.0 Å². The number of anilines is 1. The Labute approximate surface area is 150 Å². The van der Waals surface area contributed by atoms with Gasteiger partial charge in [0.1, 0.15) is 5.75 Å². The summed E-state index contributed by atoms with van der Waals surface area (Å²) in [6.45, 7) is 3.66. The third kappa shape index (κ3) is 3.67. The maximum atomic E-state index is 12.9. The summed E-state index contributed by atoms with van der Waals surface area (Å²) >= 11 is 3.03. The second kappa shape index (κ2) is 7.44. The molecule has 128 valence electrons. The molecule has 2 aromatic rings. The van der Waals surface area contributed by atoms with E-state index in [1.807, 2.05) is 24.0 Å². The van der Waals surface area contributed by atoms with Crippen LogP contribution in [0.15, 0.2) is 27.4 Å². The number of aryl methyl sites for hydroxylation is 1. The number of nitrogen functional groups attached to an aromatic ring is 1. The summed E-state index contributed by atoms with van der Waals surface area (Å²) in [6.07, 6.45) is 5.10. The van der Waals surface area contributed by atoms with Crippen LogP contribution in [0.4, 0.5) is 5.13 Å². The predicted octanol–water partition coefficient (Wildman–Crippen LogP) is 3.82. The van der Waals surface area contributed by atoms with Crippen LogP contribution in [0.3, 0.4) is 0 Å². The third-order valence-corrected chi connectivity index (χ3v) is 6.17. The van der Waals surface area contributed by atoms with Crippen molar-refractivity contribution in [1.82, 2.24) is 9.88 Å². The molecule has 1 amide bonds. The van der Waals surface area contributed by atoms with Gasteiger partial charge < -0.3 is 15.4 Å². The lowest BCUT2D eigenvalue weighted by atomic mass is 10.1. The molecule has 1 saturated heterocycles. The van der Waals surface area contributed by atoms with Gasteiger partial charge in [0.25, 0.3) is 5.91 Å². The number of nitrogens with zero attached hydrogens (tertiary/aromatic N) is 2. The number of amides is 1. The molecule has 0 aliphatic carbocycles. The molecule has 0 spiro atoms. The van der Waals surface area contributed by atoms with Crippen LogP contribution in [-0.2, 0) is 0 Å². The highest BCUT2D eigenvalue weighted by Gasteiger charge is 2.23. The number of piperidine rings is 1. The molecule has 1 fully saturated rings. The van der Waals surface area contributed by atoms with Gasteiger partial charge >= 0.3 is 0 Å². The fourth-order valence-corrected chi connectivity index (χ4v) is 4.63. The number of methoxy groups -OCH3 is 1. The number of rotatable bonds is 4. The first-order chi connectivity index (χ1) is 11.6. The van der Waals surface area contributed by atoms with Crippen molar-refractivity contribution in [3.8, 4) is 5.75 Å². The van der Waals surface area contributed by atoms with E-state index >= 15 is 0 Å². The molecule has 2 N–H and O–H groups in total. The van der Waals surface area contributed by atoms with E-state index in [1.54, 1.807) is 25.1 Å². The molecule has 0 saturated carbocycles. The van der Waals surface area contributed by atoms with Gasteiger partial charge in [-0.15, -0.1) is 0 Å². The summed E-state index contributed by atoms with van der Waals surface area (Å²) in [5.74, 6) is 0.688. The fourth-order valence-electron chi connectivity index (χ4n) is 2.80. The SMILES string of the molecule is COc1cc(C)c(Sc2cnc(N)s2)cc1C(=O)N1CCCCC1. The summed E-state index contributed by atoms with van der Waals surface area (Å²) < 4.78 is 6.47. The van der Waals surface area contributed by atoms with Crippen molar-refractivity contribution in [2.45, 2.75) is 35.3 Å². The van der Waals surface area contributed by atoms with Gasteiger partial charge in [-0.1, -0.05) is 23.1 Å². The van der Waals surface area contributed by atoms with Gasteiger partial charge in [-0.05, 0) is 43.9 Å². The first kappa shape index (κ1) is 17.1. The number of thiazole rings is 1. The van der Waals surface area contributed by atoms with Crippen LogP contribution in [0.5, 0.6) is 5.75 Å². The highest BCUT2D eigenvalue weighted by molar-refractivity contribution is 8.01. The maximum absolute atomic E-state index is 12.9. The molecule has 0 bridgehead atoms. The second-order valence-electron chi connectivity index (χ2n) is 5.79. The number of hydrogen-bond acceptors (Lipinski definition) is 6. The van der Waals surface area contributed by atoms with Crippen molar-refractivity contribution < 1.29 is 9.53 Å². The number of hydrogen-bond donors (Lipinski definition) is 1. The van der Waals surface area contributed by atoms with Crippen molar-refractivity contribution in [2.75, 3.05) is 25.9 Å². The Morgan fingerprint density at radius 2 is 2.08 bits per heavy atom. The monoisotopic (exact) mass is 363 g/mol. The normalized spacial score (nSPS) is 14.7. The van der Waals surface area contributed by atoms with Crippen LogP contribution in [0.1, 0.15) is 35.2 Å². The van der Waals surface area contributed by atoms with Gasteiger partial charge in [-0.25, -0.2) is 4.98 Å². The Bertz CT molecular complexity index is 739. The zero-order valence-corrected chi connectivity index (χ0v) is 15.5. The fraction of sp³-hybridized carbons (Fsp3) is 0.412. The summed E-state index contributed by atoms with van der Waals surface area (Å²) in [4.78, 5) is 19.9. The molecule has 7 heteroatoms. The van der Waals surface area contributed by atoms with E-state index in [9.17, 15) is 4.79 Å². The number of likely N-dealkylation sites (tertiary alicyclic amines) is 1. The molecule has 3 rings (SSSR count). The van der Waals surface area contributed by atoms with Crippen LogP contribution in [0.25, 0.3) is 0 Å². The topological polar surface area (TPSA) is 68.5 Å². The molecule has 5 nitrogen and oxygen atoms in total. The lowest BCUT2D eigenvalue weighted by Gasteiger charge is -2.27. The number of aromatic nitrogens is 1. The average molecular weight is 364 g/mol. The average Bonchev–Trinajstić information content (AvgIpc) is 3.01. The molecule has 24 heavy (non-hydrogen) atoms. The quantitative estimate of drug-likeness (QED) is 0.894. The molecular weight excluding hydrogens is 342 g/mol. The van der Waals surface area contributed by atoms with Crippen LogP contribution in [0.2, 0.25) is 0 Å². The number of nitrogens with two attached hydrogens (primary N) is 1. The molecule has 1 aromatic heterocycles. The molecule has 1 aromatic carbocycles. The zero-order valence-electron chi connectivity index (χ0n) is 13.9. The summed E-state index contributed by atoms with van der Waals surface area (Å²) in [5.41, 5.74) is 7.40. The first-order valence-corrected chi connectivity index (χ1v) is 9.59. The highest BCUT2D eigenvalue weighted by Crippen LogP contribution is 2.38. The smallest absolute Gasteiger partial charge is 0.257 e. The molecule has 0 atom stereocenters. The van der Waals surface area contributed by atoms with E-state index in [0.29, 0.717) is 16.4 Å². The van der Waals surface area contributed by atoms with E-state index in [0.717, 1.165) is 40.6 Å². The number of ether oxygens (including phenoxy) is 1. The molecule has 1 aliphatic heterocycles. The first-order valence-electron chi connectivity index (χ1n) is 7.95. The third-order valence-electron chi connectivity index (χ3n) is 4.08. The lowest BCUT2D eigenvalue weighted by Crippen LogP contribution is -2.35. The molecular formula is C17H21N3O2S2. The predicted molar refractivity (Wildman–Crippen MR) is 98.1 cm³/mol. The Morgan fingerprint density at radius 1 is 1.33 bits per heavy atom. The summed E-state index contributed by atoms with van der Waals surface area (Å²) in [6, 6.07) is 3.87. The lowest BCUT2D eigenvalue weighted by molar-refractivity contribution is 0.0720. The minimum atomic E-state index is 0.0530. The number of carbonyl (C=O) groups excluding carboxylic acids is 1. The van der Waals surface area contributed by atoms with Gasteiger partial charge in [-0.3, -0.25) is 4.79 Å². The van der Waals surface area contributed by atoms with Crippen molar-refractivity contribution in [2.24, 2.45) is 0 Å². The Kier molecular flexibility index (Phi) is 5.30. The minimum absolute atomic E-state index is 0.0530. The van der Waals surface area contributed by atoms with Crippen molar-refractivity contribution in [1.29, 1.82) is 0 Å².